The van der Waals surface area contributed by atoms with E-state index in [4.69, 9.17) is 14.2 Å². The summed E-state index contributed by atoms with van der Waals surface area (Å²) in [4.78, 5) is 24.2. The molecule has 1 aliphatic heterocycles. The highest BCUT2D eigenvalue weighted by Gasteiger charge is 2.29. The van der Waals surface area contributed by atoms with Crippen molar-refractivity contribution in [2.45, 2.75) is 6.10 Å². The van der Waals surface area contributed by atoms with Gasteiger partial charge in [-0.1, -0.05) is 42.5 Å². The van der Waals surface area contributed by atoms with Gasteiger partial charge in [-0.3, -0.25) is 4.79 Å². The van der Waals surface area contributed by atoms with Crippen molar-refractivity contribution < 1.29 is 23.8 Å². The summed E-state index contributed by atoms with van der Waals surface area (Å²) in [5, 5.41) is 4.81. The molecule has 0 unspecified atom stereocenters. The van der Waals surface area contributed by atoms with E-state index in [1.807, 2.05) is 42.5 Å². The Labute approximate surface area is 155 Å². The smallest absolute Gasteiger partial charge is 0.351 e. The van der Waals surface area contributed by atoms with Crippen molar-refractivity contribution in [2.24, 2.45) is 0 Å². The van der Waals surface area contributed by atoms with Crippen LogP contribution in [-0.4, -0.2) is 31.2 Å². The Morgan fingerprint density at radius 1 is 0.963 bits per heavy atom. The molecule has 0 spiro atoms. The SMILES string of the molecule is O=C(COC(=O)[C@@H]1COc2ccccc2O1)Nc1ccc2ccccc2c1. The van der Waals surface area contributed by atoms with Gasteiger partial charge < -0.3 is 19.5 Å². The molecule has 1 amide bonds. The summed E-state index contributed by atoms with van der Waals surface area (Å²) < 4.78 is 16.1. The van der Waals surface area contributed by atoms with Crippen LogP contribution in [0.3, 0.4) is 0 Å². The molecule has 1 N–H and O–H groups in total. The lowest BCUT2D eigenvalue weighted by Crippen LogP contribution is -2.39. The van der Waals surface area contributed by atoms with Crippen LogP contribution >= 0.6 is 0 Å². The van der Waals surface area contributed by atoms with Gasteiger partial charge in [0, 0.05) is 5.69 Å². The number of carbonyl (C=O) groups excluding carboxylic acids is 2. The summed E-state index contributed by atoms with van der Waals surface area (Å²) in [5.41, 5.74) is 0.640. The number of esters is 1. The van der Waals surface area contributed by atoms with Crippen molar-refractivity contribution in [2.75, 3.05) is 18.5 Å². The molecular weight excluding hydrogens is 346 g/mol. The third-order valence-electron chi connectivity index (χ3n) is 4.15. The lowest BCUT2D eigenvalue weighted by Gasteiger charge is -2.24. The zero-order valence-electron chi connectivity index (χ0n) is 14.4. The average molecular weight is 363 g/mol. The molecule has 1 atom stereocenters. The normalized spacial score (nSPS) is 15.2. The van der Waals surface area contributed by atoms with Gasteiger partial charge in [0.25, 0.3) is 5.91 Å². The van der Waals surface area contributed by atoms with Crippen LogP contribution in [0.5, 0.6) is 11.5 Å². The molecule has 3 aromatic carbocycles. The molecule has 6 nitrogen and oxygen atoms in total. The molecule has 0 radical (unpaired) electrons. The highest BCUT2D eigenvalue weighted by atomic mass is 16.6. The Balaban J connectivity index is 1.31. The van der Waals surface area contributed by atoms with Crippen molar-refractivity contribution in [3.05, 3.63) is 66.7 Å². The summed E-state index contributed by atoms with van der Waals surface area (Å²) in [5.74, 6) is -0.00386. The van der Waals surface area contributed by atoms with Gasteiger partial charge in [-0.25, -0.2) is 4.79 Å². The molecule has 0 aliphatic carbocycles. The maximum absolute atomic E-state index is 12.1. The molecule has 6 heteroatoms. The second-order valence-corrected chi connectivity index (χ2v) is 6.08. The number of nitrogens with one attached hydrogen (secondary N) is 1. The predicted octanol–water partition coefficient (Wildman–Crippen LogP) is 3.16. The number of para-hydroxylation sites is 2. The quantitative estimate of drug-likeness (QED) is 0.721. The van der Waals surface area contributed by atoms with Gasteiger partial charge in [-0.2, -0.15) is 0 Å². The molecule has 0 aromatic heterocycles. The van der Waals surface area contributed by atoms with Crippen LogP contribution in [0.1, 0.15) is 0 Å². The number of carbonyl (C=O) groups is 2. The minimum atomic E-state index is -0.895. The molecule has 136 valence electrons. The van der Waals surface area contributed by atoms with Gasteiger partial charge in [0.15, 0.2) is 18.1 Å². The van der Waals surface area contributed by atoms with Gasteiger partial charge in [-0.05, 0) is 35.0 Å². The first-order valence-corrected chi connectivity index (χ1v) is 8.53. The highest BCUT2D eigenvalue weighted by Crippen LogP contribution is 2.31. The van der Waals surface area contributed by atoms with Gasteiger partial charge in [-0.15, -0.1) is 0 Å². The second-order valence-electron chi connectivity index (χ2n) is 6.08. The van der Waals surface area contributed by atoms with Crippen LogP contribution in [0.4, 0.5) is 5.69 Å². The van der Waals surface area contributed by atoms with Crippen molar-refractivity contribution >= 4 is 28.3 Å². The third kappa shape index (κ3) is 3.84. The van der Waals surface area contributed by atoms with E-state index in [-0.39, 0.29) is 6.61 Å². The maximum atomic E-state index is 12.1. The minimum absolute atomic E-state index is 0.0438. The molecule has 0 fully saturated rings. The van der Waals surface area contributed by atoms with E-state index in [0.717, 1.165) is 10.8 Å². The summed E-state index contributed by atoms with van der Waals surface area (Å²) in [6.45, 7) is -0.352. The van der Waals surface area contributed by atoms with Crippen LogP contribution in [-0.2, 0) is 14.3 Å². The number of benzene rings is 3. The molecule has 1 aliphatic rings. The van der Waals surface area contributed by atoms with Gasteiger partial charge >= 0.3 is 5.97 Å². The summed E-state index contributed by atoms with van der Waals surface area (Å²) in [6.07, 6.45) is -0.895. The Morgan fingerprint density at radius 3 is 2.56 bits per heavy atom. The fourth-order valence-corrected chi connectivity index (χ4v) is 2.83. The standard InChI is InChI=1S/C21H17NO5/c23-20(22-16-10-9-14-5-1-2-6-15(14)11-16)13-26-21(24)19-12-25-17-7-3-4-8-18(17)27-19/h1-11,19H,12-13H2,(H,22,23)/t19-/m0/s1. The summed E-state index contributed by atoms with van der Waals surface area (Å²) in [6, 6.07) is 20.5. The van der Waals surface area contributed by atoms with Crippen LogP contribution in [0.15, 0.2) is 66.7 Å². The lowest BCUT2D eigenvalue weighted by atomic mass is 10.1. The summed E-state index contributed by atoms with van der Waals surface area (Å²) >= 11 is 0. The van der Waals surface area contributed by atoms with Crippen LogP contribution in [0, 0.1) is 0 Å². The number of ether oxygens (including phenoxy) is 3. The number of fused-ring (bicyclic) bond motifs is 2. The number of anilines is 1. The molecule has 0 bridgehead atoms. The third-order valence-corrected chi connectivity index (χ3v) is 4.15. The first-order chi connectivity index (χ1) is 13.2. The zero-order valence-corrected chi connectivity index (χ0v) is 14.4. The fraction of sp³-hybridized carbons (Fsp3) is 0.143. The van der Waals surface area contributed by atoms with Crippen molar-refractivity contribution in [3.8, 4) is 11.5 Å². The molecule has 0 saturated carbocycles. The van der Waals surface area contributed by atoms with E-state index in [9.17, 15) is 9.59 Å². The Bertz CT molecular complexity index is 1000. The molecular formula is C21H17NO5. The molecule has 4 rings (SSSR count). The first-order valence-electron chi connectivity index (χ1n) is 8.53. The van der Waals surface area contributed by atoms with E-state index in [2.05, 4.69) is 5.32 Å². The Kier molecular flexibility index (Phi) is 4.61. The van der Waals surface area contributed by atoms with E-state index < -0.39 is 24.6 Å². The van der Waals surface area contributed by atoms with E-state index in [1.54, 1.807) is 24.3 Å². The monoisotopic (exact) mass is 363 g/mol. The predicted molar refractivity (Wildman–Crippen MR) is 99.9 cm³/mol. The Hall–Kier alpha value is -3.54. The highest BCUT2D eigenvalue weighted by molar-refractivity contribution is 5.95. The van der Waals surface area contributed by atoms with E-state index in [1.165, 1.54) is 0 Å². The molecule has 1 heterocycles. The van der Waals surface area contributed by atoms with Crippen LogP contribution < -0.4 is 14.8 Å². The average Bonchev–Trinajstić information content (AvgIpc) is 2.71. The van der Waals surface area contributed by atoms with Gasteiger partial charge in [0.1, 0.15) is 6.61 Å². The van der Waals surface area contributed by atoms with Crippen LogP contribution in [0.2, 0.25) is 0 Å². The largest absolute Gasteiger partial charge is 0.485 e. The van der Waals surface area contributed by atoms with E-state index in [0.29, 0.717) is 17.2 Å². The topological polar surface area (TPSA) is 73.9 Å². The van der Waals surface area contributed by atoms with Crippen molar-refractivity contribution in [1.29, 1.82) is 0 Å². The first kappa shape index (κ1) is 16.9. The summed E-state index contributed by atoms with van der Waals surface area (Å²) in [7, 11) is 0. The second kappa shape index (κ2) is 7.37. The van der Waals surface area contributed by atoms with Gasteiger partial charge in [0.05, 0.1) is 0 Å². The number of hydrogen-bond donors (Lipinski definition) is 1. The van der Waals surface area contributed by atoms with Crippen LogP contribution in [0.25, 0.3) is 10.8 Å². The zero-order chi connectivity index (χ0) is 18.6. The van der Waals surface area contributed by atoms with Gasteiger partial charge in [0.2, 0.25) is 6.10 Å². The van der Waals surface area contributed by atoms with Crippen molar-refractivity contribution in [3.63, 3.8) is 0 Å². The molecule has 27 heavy (non-hydrogen) atoms. The fourth-order valence-electron chi connectivity index (χ4n) is 2.83. The molecule has 3 aromatic rings. The van der Waals surface area contributed by atoms with Crippen molar-refractivity contribution in [1.82, 2.24) is 0 Å². The molecule has 0 saturated heterocycles. The minimum Gasteiger partial charge on any atom is -0.485 e. The Morgan fingerprint density at radius 2 is 1.70 bits per heavy atom. The number of amides is 1. The number of rotatable bonds is 4. The number of hydrogen-bond acceptors (Lipinski definition) is 5. The lowest BCUT2D eigenvalue weighted by molar-refractivity contribution is -0.156. The maximum Gasteiger partial charge on any atom is 0.351 e. The van der Waals surface area contributed by atoms with E-state index >= 15 is 0 Å².